The molecule has 0 bridgehead atoms. The first kappa shape index (κ1) is 16.7. The number of carboxylic acid groups (broad SMARTS) is 1. The molecule has 3 rings (SSSR count). The molecule has 3 aromatic rings. The number of hydrogen-bond donors (Lipinski definition) is 3. The van der Waals surface area contributed by atoms with E-state index in [1.165, 1.54) is 15.9 Å². The Labute approximate surface area is 145 Å². The molecular formula is C16H13N3O5S. The van der Waals surface area contributed by atoms with Gasteiger partial charge in [0.15, 0.2) is 0 Å². The van der Waals surface area contributed by atoms with Gasteiger partial charge in [0.05, 0.1) is 23.3 Å². The Morgan fingerprint density at radius 1 is 1.28 bits per heavy atom. The van der Waals surface area contributed by atoms with E-state index >= 15 is 0 Å². The molecule has 0 spiro atoms. The Morgan fingerprint density at radius 3 is 2.72 bits per heavy atom. The van der Waals surface area contributed by atoms with Crippen molar-refractivity contribution in [2.24, 2.45) is 0 Å². The molecule has 1 aromatic carbocycles. The lowest BCUT2D eigenvalue weighted by molar-refractivity contribution is -0.135. The van der Waals surface area contributed by atoms with Gasteiger partial charge in [0.25, 0.3) is 11.5 Å². The highest BCUT2D eigenvalue weighted by atomic mass is 32.1. The minimum Gasteiger partial charge on any atom is -0.506 e. The monoisotopic (exact) mass is 359 g/mol. The summed E-state index contributed by atoms with van der Waals surface area (Å²) in [7, 11) is 0. The lowest BCUT2D eigenvalue weighted by Gasteiger charge is -2.14. The zero-order valence-corrected chi connectivity index (χ0v) is 13.6. The molecule has 2 heterocycles. The first-order valence-corrected chi connectivity index (χ1v) is 8.15. The van der Waals surface area contributed by atoms with Gasteiger partial charge in [-0.2, -0.15) is 0 Å². The van der Waals surface area contributed by atoms with Crippen molar-refractivity contribution < 1.29 is 19.8 Å². The van der Waals surface area contributed by atoms with Crippen molar-refractivity contribution in [1.82, 2.24) is 14.9 Å². The van der Waals surface area contributed by atoms with Crippen LogP contribution in [0.5, 0.6) is 5.75 Å². The Balaban J connectivity index is 2.18. The number of nitrogens with zero attached hydrogens (tertiary/aromatic N) is 2. The summed E-state index contributed by atoms with van der Waals surface area (Å²) in [4.78, 5) is 39.8. The number of amides is 1. The van der Waals surface area contributed by atoms with Crippen LogP contribution in [0.15, 0.2) is 40.0 Å². The molecule has 0 aliphatic heterocycles. The van der Waals surface area contributed by atoms with Gasteiger partial charge in [-0.1, -0.05) is 12.1 Å². The quantitative estimate of drug-likeness (QED) is 0.625. The first-order chi connectivity index (χ1) is 12.0. The van der Waals surface area contributed by atoms with E-state index in [0.29, 0.717) is 16.6 Å². The molecule has 0 saturated carbocycles. The zero-order valence-electron chi connectivity index (χ0n) is 12.8. The summed E-state index contributed by atoms with van der Waals surface area (Å²) in [6.45, 7) is -0.529. The summed E-state index contributed by atoms with van der Waals surface area (Å²) in [6, 6.07) is 6.61. The SMILES string of the molecule is O=C(O)CNC(=O)c1c(O)c2ccccc2n(Cc2cscn2)c1=O. The van der Waals surface area contributed by atoms with Crippen molar-refractivity contribution in [3.8, 4) is 5.75 Å². The Bertz CT molecular complexity index is 1010. The van der Waals surface area contributed by atoms with E-state index in [0.717, 1.165) is 0 Å². The molecule has 3 N–H and O–H groups in total. The van der Waals surface area contributed by atoms with Gasteiger partial charge in [-0.3, -0.25) is 14.4 Å². The molecule has 2 aromatic heterocycles. The summed E-state index contributed by atoms with van der Waals surface area (Å²) < 4.78 is 1.33. The average Bonchev–Trinajstić information content (AvgIpc) is 3.10. The summed E-state index contributed by atoms with van der Waals surface area (Å²) in [5.74, 6) is -2.67. The van der Waals surface area contributed by atoms with Crippen molar-refractivity contribution in [1.29, 1.82) is 0 Å². The predicted octanol–water partition coefficient (Wildman–Crippen LogP) is 1.03. The topological polar surface area (TPSA) is 122 Å². The third-order valence-corrected chi connectivity index (χ3v) is 4.21. The third-order valence-electron chi connectivity index (χ3n) is 3.58. The van der Waals surface area contributed by atoms with E-state index in [1.807, 2.05) is 0 Å². The second-order valence-corrected chi connectivity index (χ2v) is 5.91. The first-order valence-electron chi connectivity index (χ1n) is 7.20. The number of aromatic nitrogens is 2. The number of pyridine rings is 1. The molecule has 0 aliphatic rings. The number of fused-ring (bicyclic) bond motifs is 1. The molecule has 8 nitrogen and oxygen atoms in total. The zero-order chi connectivity index (χ0) is 18.0. The van der Waals surface area contributed by atoms with Crippen molar-refractivity contribution in [2.45, 2.75) is 6.54 Å². The summed E-state index contributed by atoms with van der Waals surface area (Å²) in [5, 5.41) is 23.3. The average molecular weight is 359 g/mol. The highest BCUT2D eigenvalue weighted by Crippen LogP contribution is 2.26. The highest BCUT2D eigenvalue weighted by Gasteiger charge is 2.22. The van der Waals surface area contributed by atoms with Crippen molar-refractivity contribution >= 4 is 34.1 Å². The molecule has 9 heteroatoms. The lowest BCUT2D eigenvalue weighted by Crippen LogP contribution is -2.36. The largest absolute Gasteiger partial charge is 0.506 e. The maximum absolute atomic E-state index is 12.8. The summed E-state index contributed by atoms with van der Waals surface area (Å²) >= 11 is 1.37. The minimum atomic E-state index is -1.25. The van der Waals surface area contributed by atoms with Gasteiger partial charge in [-0.05, 0) is 12.1 Å². The van der Waals surface area contributed by atoms with Gasteiger partial charge in [-0.25, -0.2) is 4.98 Å². The maximum atomic E-state index is 12.8. The molecule has 0 atom stereocenters. The van der Waals surface area contributed by atoms with Gasteiger partial charge < -0.3 is 20.1 Å². The fourth-order valence-corrected chi connectivity index (χ4v) is 3.02. The second-order valence-electron chi connectivity index (χ2n) is 5.19. The maximum Gasteiger partial charge on any atom is 0.322 e. The summed E-state index contributed by atoms with van der Waals surface area (Å²) in [6.07, 6.45) is 0. The van der Waals surface area contributed by atoms with Gasteiger partial charge in [0.2, 0.25) is 0 Å². The minimum absolute atomic E-state index is 0.127. The van der Waals surface area contributed by atoms with Gasteiger partial charge in [0.1, 0.15) is 17.9 Å². The predicted molar refractivity (Wildman–Crippen MR) is 91.1 cm³/mol. The highest BCUT2D eigenvalue weighted by molar-refractivity contribution is 7.07. The molecule has 0 saturated heterocycles. The number of carboxylic acids is 1. The number of carbonyl (C=O) groups excluding carboxylic acids is 1. The number of carbonyl (C=O) groups is 2. The van der Waals surface area contributed by atoms with Crippen LogP contribution in [0.2, 0.25) is 0 Å². The van der Waals surface area contributed by atoms with Crippen LogP contribution in [0, 0.1) is 0 Å². The van der Waals surface area contributed by atoms with Crippen LogP contribution in [0.3, 0.4) is 0 Å². The Hall–Kier alpha value is -3.20. The van der Waals surface area contributed by atoms with Crippen LogP contribution < -0.4 is 10.9 Å². The van der Waals surface area contributed by atoms with E-state index in [9.17, 15) is 19.5 Å². The molecular weight excluding hydrogens is 346 g/mol. The number of thiazole rings is 1. The Kier molecular flexibility index (Phi) is 4.48. The van der Waals surface area contributed by atoms with Gasteiger partial charge in [0, 0.05) is 10.8 Å². The van der Waals surface area contributed by atoms with Crippen molar-refractivity contribution in [2.75, 3.05) is 6.54 Å². The van der Waals surface area contributed by atoms with E-state index in [4.69, 9.17) is 5.11 Å². The normalized spacial score (nSPS) is 10.7. The van der Waals surface area contributed by atoms with Crippen LogP contribution in [-0.4, -0.2) is 38.2 Å². The van der Waals surface area contributed by atoms with Gasteiger partial charge in [-0.15, -0.1) is 11.3 Å². The number of aromatic hydroxyl groups is 1. The molecule has 0 radical (unpaired) electrons. The number of rotatable bonds is 5. The number of nitrogens with one attached hydrogen (secondary N) is 1. The fourth-order valence-electron chi connectivity index (χ4n) is 2.47. The molecule has 25 heavy (non-hydrogen) atoms. The molecule has 0 unspecified atom stereocenters. The number of benzene rings is 1. The fraction of sp³-hybridized carbons (Fsp3) is 0.125. The van der Waals surface area contributed by atoms with Crippen molar-refractivity contribution in [3.63, 3.8) is 0 Å². The Morgan fingerprint density at radius 2 is 2.04 bits per heavy atom. The number of aliphatic carboxylic acids is 1. The van der Waals surface area contributed by atoms with Crippen LogP contribution in [-0.2, 0) is 11.3 Å². The van der Waals surface area contributed by atoms with Crippen molar-refractivity contribution in [3.05, 3.63) is 56.8 Å². The number of para-hydroxylation sites is 1. The standard InChI is InChI=1S/C16H13N3O5S/c20-12(21)5-17-15(23)13-14(22)10-3-1-2-4-11(10)19(16(13)24)6-9-7-25-8-18-9/h1-4,7-8,22H,5-6H2,(H,17,23)(H,20,21). The molecule has 0 fully saturated rings. The van der Waals surface area contributed by atoms with Crippen LogP contribution in [0.1, 0.15) is 16.1 Å². The molecule has 128 valence electrons. The lowest BCUT2D eigenvalue weighted by atomic mass is 10.1. The van der Waals surface area contributed by atoms with Crippen LogP contribution in [0.4, 0.5) is 0 Å². The summed E-state index contributed by atoms with van der Waals surface area (Å²) in [5.41, 5.74) is 1.51. The third kappa shape index (κ3) is 3.22. The van der Waals surface area contributed by atoms with Crippen LogP contribution in [0.25, 0.3) is 10.9 Å². The molecule has 0 aliphatic carbocycles. The van der Waals surface area contributed by atoms with E-state index < -0.39 is 35.3 Å². The van der Waals surface area contributed by atoms with E-state index in [1.54, 1.807) is 35.2 Å². The smallest absolute Gasteiger partial charge is 0.322 e. The molecule has 1 amide bonds. The van der Waals surface area contributed by atoms with E-state index in [-0.39, 0.29) is 6.54 Å². The second kappa shape index (κ2) is 6.73. The van der Waals surface area contributed by atoms with Crippen LogP contribution >= 0.6 is 11.3 Å². The van der Waals surface area contributed by atoms with Gasteiger partial charge >= 0.3 is 5.97 Å². The van der Waals surface area contributed by atoms with E-state index in [2.05, 4.69) is 10.3 Å². The number of hydrogen-bond acceptors (Lipinski definition) is 6.